The van der Waals surface area contributed by atoms with Crippen molar-refractivity contribution in [1.82, 2.24) is 5.43 Å². The van der Waals surface area contributed by atoms with Crippen molar-refractivity contribution < 1.29 is 0 Å². The highest BCUT2D eigenvalue weighted by atomic mass is 15.2. The first kappa shape index (κ1) is 16.0. The Morgan fingerprint density at radius 2 is 1.72 bits per heavy atom. The summed E-state index contributed by atoms with van der Waals surface area (Å²) >= 11 is 0. The summed E-state index contributed by atoms with van der Waals surface area (Å²) in [5.41, 5.74) is 3.17. The van der Waals surface area contributed by atoms with Crippen LogP contribution in [0.3, 0.4) is 0 Å². The fraction of sp³-hybridized carbons (Fsp3) is 1.00. The van der Waals surface area contributed by atoms with E-state index in [2.05, 4.69) is 33.1 Å². The highest BCUT2D eigenvalue weighted by molar-refractivity contribution is 4.86. The molecule has 4 unspecified atom stereocenters. The minimum Gasteiger partial charge on any atom is -0.271 e. The predicted molar refractivity (Wildman–Crippen MR) is 80.1 cm³/mol. The molecule has 0 bridgehead atoms. The molecule has 0 heterocycles. The van der Waals surface area contributed by atoms with Crippen LogP contribution in [0, 0.1) is 23.7 Å². The van der Waals surface area contributed by atoms with Crippen LogP contribution in [0.25, 0.3) is 0 Å². The SMILES string of the molecule is CCCCC(CC)C(NN)C1CC(C)CC(C)C1. The van der Waals surface area contributed by atoms with Crippen molar-refractivity contribution in [3.05, 3.63) is 0 Å². The van der Waals surface area contributed by atoms with Crippen molar-refractivity contribution in [3.8, 4) is 0 Å². The lowest BCUT2D eigenvalue weighted by Crippen LogP contribution is -2.48. The predicted octanol–water partition coefficient (Wildman–Crippen LogP) is 4.11. The van der Waals surface area contributed by atoms with Crippen molar-refractivity contribution in [2.24, 2.45) is 29.5 Å². The molecule has 0 saturated heterocycles. The Morgan fingerprint density at radius 3 is 2.17 bits per heavy atom. The van der Waals surface area contributed by atoms with Crippen molar-refractivity contribution in [2.45, 2.75) is 78.7 Å². The molecule has 0 aliphatic heterocycles. The van der Waals surface area contributed by atoms with Gasteiger partial charge in [0.25, 0.3) is 0 Å². The van der Waals surface area contributed by atoms with E-state index in [0.29, 0.717) is 6.04 Å². The van der Waals surface area contributed by atoms with Crippen LogP contribution < -0.4 is 11.3 Å². The smallest absolute Gasteiger partial charge is 0.0267 e. The third kappa shape index (κ3) is 4.55. The molecule has 0 radical (unpaired) electrons. The number of hydrogen-bond donors (Lipinski definition) is 2. The van der Waals surface area contributed by atoms with E-state index in [1.165, 1.54) is 44.9 Å². The molecule has 108 valence electrons. The van der Waals surface area contributed by atoms with Gasteiger partial charge in [0.05, 0.1) is 0 Å². The van der Waals surface area contributed by atoms with Gasteiger partial charge in [0.1, 0.15) is 0 Å². The van der Waals surface area contributed by atoms with Crippen molar-refractivity contribution >= 4 is 0 Å². The molecule has 4 atom stereocenters. The lowest BCUT2D eigenvalue weighted by Gasteiger charge is -2.39. The van der Waals surface area contributed by atoms with Crippen molar-refractivity contribution in [3.63, 3.8) is 0 Å². The van der Waals surface area contributed by atoms with Gasteiger partial charge >= 0.3 is 0 Å². The van der Waals surface area contributed by atoms with E-state index in [1.807, 2.05) is 0 Å². The topological polar surface area (TPSA) is 38.0 Å². The van der Waals surface area contributed by atoms with E-state index in [-0.39, 0.29) is 0 Å². The van der Waals surface area contributed by atoms with E-state index >= 15 is 0 Å². The van der Waals surface area contributed by atoms with Gasteiger partial charge in [-0.1, -0.05) is 47.0 Å². The second-order valence-corrected chi connectivity index (χ2v) is 6.68. The Hall–Kier alpha value is -0.0800. The summed E-state index contributed by atoms with van der Waals surface area (Å²) in [5.74, 6) is 9.19. The molecule has 1 aliphatic carbocycles. The van der Waals surface area contributed by atoms with E-state index in [1.54, 1.807) is 0 Å². The van der Waals surface area contributed by atoms with Gasteiger partial charge in [-0.05, 0) is 49.4 Å². The Labute approximate surface area is 114 Å². The van der Waals surface area contributed by atoms with Gasteiger partial charge < -0.3 is 0 Å². The van der Waals surface area contributed by atoms with Gasteiger partial charge in [-0.15, -0.1) is 0 Å². The molecular weight excluding hydrogens is 220 g/mol. The third-order valence-electron chi connectivity index (χ3n) is 4.88. The van der Waals surface area contributed by atoms with E-state index in [0.717, 1.165) is 23.7 Å². The van der Waals surface area contributed by atoms with Crippen LogP contribution in [-0.2, 0) is 0 Å². The van der Waals surface area contributed by atoms with Crippen LogP contribution >= 0.6 is 0 Å². The number of unbranched alkanes of at least 4 members (excludes halogenated alkanes) is 1. The molecule has 3 N–H and O–H groups in total. The number of nitrogens with two attached hydrogens (primary N) is 1. The monoisotopic (exact) mass is 254 g/mol. The molecule has 1 saturated carbocycles. The van der Waals surface area contributed by atoms with Crippen LogP contribution in [0.1, 0.15) is 72.6 Å². The quantitative estimate of drug-likeness (QED) is 0.530. The zero-order valence-electron chi connectivity index (χ0n) is 12.9. The zero-order valence-corrected chi connectivity index (χ0v) is 12.9. The fourth-order valence-corrected chi connectivity index (χ4v) is 4.06. The van der Waals surface area contributed by atoms with Gasteiger partial charge in [0.15, 0.2) is 0 Å². The molecule has 2 heteroatoms. The average molecular weight is 254 g/mol. The second kappa shape index (κ2) is 8.16. The lowest BCUT2D eigenvalue weighted by molar-refractivity contribution is 0.136. The van der Waals surface area contributed by atoms with Crippen LogP contribution in [0.5, 0.6) is 0 Å². The molecule has 1 rings (SSSR count). The normalized spacial score (nSPS) is 32.2. The summed E-state index contributed by atoms with van der Waals surface area (Å²) in [5, 5.41) is 0. The van der Waals surface area contributed by atoms with Gasteiger partial charge in [-0.25, -0.2) is 0 Å². The van der Waals surface area contributed by atoms with Gasteiger partial charge in [-0.2, -0.15) is 0 Å². The largest absolute Gasteiger partial charge is 0.271 e. The molecule has 0 aromatic rings. The number of hydrogen-bond acceptors (Lipinski definition) is 2. The fourth-order valence-electron chi connectivity index (χ4n) is 4.06. The minimum atomic E-state index is 0.534. The zero-order chi connectivity index (χ0) is 13.5. The third-order valence-corrected chi connectivity index (χ3v) is 4.88. The molecule has 18 heavy (non-hydrogen) atoms. The van der Waals surface area contributed by atoms with Crippen LogP contribution in [0.15, 0.2) is 0 Å². The van der Waals surface area contributed by atoms with Gasteiger partial charge in [-0.3, -0.25) is 11.3 Å². The number of nitrogens with one attached hydrogen (secondary N) is 1. The summed E-state index contributed by atoms with van der Waals surface area (Å²) in [4.78, 5) is 0. The van der Waals surface area contributed by atoms with Crippen LogP contribution in [-0.4, -0.2) is 6.04 Å². The molecule has 0 aromatic heterocycles. The summed E-state index contributed by atoms with van der Waals surface area (Å²) in [6.45, 7) is 9.41. The molecule has 1 fully saturated rings. The molecular formula is C16H34N2. The maximum atomic E-state index is 5.89. The summed E-state index contributed by atoms with van der Waals surface area (Å²) in [6.07, 6.45) is 9.36. The number of hydrazine groups is 1. The first-order chi connectivity index (χ1) is 8.62. The van der Waals surface area contributed by atoms with Crippen molar-refractivity contribution in [2.75, 3.05) is 0 Å². The Morgan fingerprint density at radius 1 is 1.11 bits per heavy atom. The van der Waals surface area contributed by atoms with Gasteiger partial charge in [0.2, 0.25) is 0 Å². The highest BCUT2D eigenvalue weighted by Crippen LogP contribution is 2.37. The molecule has 1 aliphatic rings. The lowest BCUT2D eigenvalue weighted by atomic mass is 9.70. The highest BCUT2D eigenvalue weighted by Gasteiger charge is 2.32. The Bertz CT molecular complexity index is 207. The summed E-state index contributed by atoms with van der Waals surface area (Å²) < 4.78 is 0. The van der Waals surface area contributed by atoms with E-state index in [9.17, 15) is 0 Å². The first-order valence-corrected chi connectivity index (χ1v) is 8.08. The Balaban J connectivity index is 2.61. The van der Waals surface area contributed by atoms with Crippen LogP contribution in [0.4, 0.5) is 0 Å². The molecule has 0 spiro atoms. The standard InChI is InChI=1S/C16H34N2/c1-5-7-8-14(6-2)16(18-17)15-10-12(3)9-13(4)11-15/h12-16,18H,5-11,17H2,1-4H3. The van der Waals surface area contributed by atoms with E-state index < -0.39 is 0 Å². The maximum absolute atomic E-state index is 5.89. The molecule has 0 aromatic carbocycles. The minimum absolute atomic E-state index is 0.534. The molecule has 2 nitrogen and oxygen atoms in total. The maximum Gasteiger partial charge on any atom is 0.0267 e. The van der Waals surface area contributed by atoms with Crippen molar-refractivity contribution in [1.29, 1.82) is 0 Å². The summed E-state index contributed by atoms with van der Waals surface area (Å²) in [6, 6.07) is 0.534. The molecule has 0 amide bonds. The second-order valence-electron chi connectivity index (χ2n) is 6.68. The van der Waals surface area contributed by atoms with Gasteiger partial charge in [0, 0.05) is 6.04 Å². The first-order valence-electron chi connectivity index (χ1n) is 8.08. The van der Waals surface area contributed by atoms with Crippen LogP contribution in [0.2, 0.25) is 0 Å². The average Bonchev–Trinajstić information content (AvgIpc) is 2.33. The summed E-state index contributed by atoms with van der Waals surface area (Å²) in [7, 11) is 0. The Kier molecular flexibility index (Phi) is 7.25. The van der Waals surface area contributed by atoms with E-state index in [4.69, 9.17) is 5.84 Å². The number of rotatable bonds is 7.